The predicted molar refractivity (Wildman–Crippen MR) is 68.0 cm³/mol. The van der Waals surface area contributed by atoms with Crippen LogP contribution in [-0.2, 0) is 14.8 Å². The van der Waals surface area contributed by atoms with E-state index >= 15 is 0 Å². The smallest absolute Gasteiger partial charge is 0.322 e. The van der Waals surface area contributed by atoms with Crippen molar-refractivity contribution in [1.29, 1.82) is 0 Å². The average molecular weight is 292 g/mol. The molecule has 0 aliphatic rings. The Morgan fingerprint density at radius 3 is 2.17 bits per heavy atom. The largest absolute Gasteiger partial charge is 0.480 e. The number of hydrogen-bond donors (Lipinski definition) is 2. The van der Waals surface area contributed by atoms with Crippen LogP contribution in [0.3, 0.4) is 0 Å². The third-order valence-electron chi connectivity index (χ3n) is 2.34. The second-order valence-corrected chi connectivity index (χ2v) is 6.29. The van der Waals surface area contributed by atoms with Crippen LogP contribution in [0.5, 0.6) is 0 Å². The van der Waals surface area contributed by atoms with E-state index in [1.807, 2.05) is 0 Å². The SMILES string of the molecule is CC(C)[C@H](NS(=O)(=O)c1ccc(Cl)cc1)C(=O)O. The standard InChI is InChI=1S/C11H14ClNO4S/c1-7(2)10(11(14)15)13-18(16,17)9-5-3-8(12)4-6-9/h3-7,10,13H,1-2H3,(H,14,15)/t10-/m0/s1. The molecule has 0 aromatic heterocycles. The Bertz CT molecular complexity index is 524. The van der Waals surface area contributed by atoms with Gasteiger partial charge in [0, 0.05) is 5.02 Å². The number of nitrogens with one attached hydrogen (secondary N) is 1. The van der Waals surface area contributed by atoms with Gasteiger partial charge in [0.15, 0.2) is 0 Å². The van der Waals surface area contributed by atoms with E-state index in [-0.39, 0.29) is 10.8 Å². The van der Waals surface area contributed by atoms with Crippen molar-refractivity contribution in [3.63, 3.8) is 0 Å². The van der Waals surface area contributed by atoms with E-state index in [4.69, 9.17) is 16.7 Å². The molecule has 0 aliphatic carbocycles. The van der Waals surface area contributed by atoms with Crippen LogP contribution < -0.4 is 4.72 Å². The van der Waals surface area contributed by atoms with E-state index in [1.165, 1.54) is 24.3 Å². The summed E-state index contributed by atoms with van der Waals surface area (Å²) in [6.07, 6.45) is 0. The minimum Gasteiger partial charge on any atom is -0.480 e. The number of aliphatic carboxylic acids is 1. The molecule has 0 unspecified atom stereocenters. The lowest BCUT2D eigenvalue weighted by molar-refractivity contribution is -0.140. The first-order valence-corrected chi connectivity index (χ1v) is 7.11. The van der Waals surface area contributed by atoms with Crippen molar-refractivity contribution in [3.05, 3.63) is 29.3 Å². The van der Waals surface area contributed by atoms with Crippen molar-refractivity contribution in [2.45, 2.75) is 24.8 Å². The Labute approximate surface area is 111 Å². The summed E-state index contributed by atoms with van der Waals surface area (Å²) in [5.74, 6) is -1.56. The Hall–Kier alpha value is -1.11. The zero-order chi connectivity index (χ0) is 13.9. The van der Waals surface area contributed by atoms with Gasteiger partial charge in [0.1, 0.15) is 6.04 Å². The van der Waals surface area contributed by atoms with Crippen LogP contribution >= 0.6 is 11.6 Å². The predicted octanol–water partition coefficient (Wildman–Crippen LogP) is 1.73. The molecule has 0 fully saturated rings. The van der Waals surface area contributed by atoms with E-state index in [2.05, 4.69) is 4.72 Å². The topological polar surface area (TPSA) is 83.5 Å². The molecule has 1 atom stereocenters. The summed E-state index contributed by atoms with van der Waals surface area (Å²) in [5, 5.41) is 9.36. The third-order valence-corrected chi connectivity index (χ3v) is 4.05. The molecule has 0 saturated heterocycles. The quantitative estimate of drug-likeness (QED) is 0.865. The summed E-state index contributed by atoms with van der Waals surface area (Å²) in [6, 6.07) is 4.35. The number of sulfonamides is 1. The summed E-state index contributed by atoms with van der Waals surface area (Å²) >= 11 is 5.66. The van der Waals surface area contributed by atoms with Gasteiger partial charge in [0.05, 0.1) is 4.90 Å². The van der Waals surface area contributed by atoms with E-state index < -0.39 is 22.0 Å². The summed E-state index contributed by atoms with van der Waals surface area (Å²) in [5.41, 5.74) is 0. The Kier molecular flexibility index (Phi) is 4.72. The van der Waals surface area contributed by atoms with Gasteiger partial charge in [-0.3, -0.25) is 4.79 Å². The van der Waals surface area contributed by atoms with Crippen molar-refractivity contribution >= 4 is 27.6 Å². The number of halogens is 1. The lowest BCUT2D eigenvalue weighted by Gasteiger charge is -2.17. The van der Waals surface area contributed by atoms with Gasteiger partial charge in [0.2, 0.25) is 10.0 Å². The fourth-order valence-electron chi connectivity index (χ4n) is 1.32. The van der Waals surface area contributed by atoms with Crippen LogP contribution in [0.4, 0.5) is 0 Å². The fraction of sp³-hybridized carbons (Fsp3) is 0.364. The first kappa shape index (κ1) is 14.9. The molecule has 0 spiro atoms. The van der Waals surface area contributed by atoms with Crippen molar-refractivity contribution in [2.24, 2.45) is 5.92 Å². The maximum atomic E-state index is 11.9. The average Bonchev–Trinajstić information content (AvgIpc) is 2.26. The van der Waals surface area contributed by atoms with Gasteiger partial charge >= 0.3 is 5.97 Å². The first-order chi connectivity index (χ1) is 8.24. The van der Waals surface area contributed by atoms with Gasteiger partial charge in [-0.1, -0.05) is 25.4 Å². The van der Waals surface area contributed by atoms with Gasteiger partial charge in [-0.15, -0.1) is 0 Å². The fourth-order valence-corrected chi connectivity index (χ4v) is 2.78. The second kappa shape index (κ2) is 5.69. The number of benzene rings is 1. The molecule has 5 nitrogen and oxygen atoms in total. The van der Waals surface area contributed by atoms with Crippen molar-refractivity contribution in [1.82, 2.24) is 4.72 Å². The number of carbonyl (C=O) groups is 1. The highest BCUT2D eigenvalue weighted by Crippen LogP contribution is 2.15. The number of rotatable bonds is 5. The molecule has 0 saturated carbocycles. The molecule has 18 heavy (non-hydrogen) atoms. The Balaban J connectivity index is 3.01. The molecule has 0 aliphatic heterocycles. The summed E-state index contributed by atoms with van der Waals surface area (Å²) in [6.45, 7) is 3.26. The molecule has 1 aromatic rings. The second-order valence-electron chi connectivity index (χ2n) is 4.14. The van der Waals surface area contributed by atoms with Gasteiger partial charge in [-0.05, 0) is 30.2 Å². The van der Waals surface area contributed by atoms with Crippen molar-refractivity contribution in [3.8, 4) is 0 Å². The first-order valence-electron chi connectivity index (χ1n) is 5.25. The highest BCUT2D eigenvalue weighted by Gasteiger charge is 2.27. The lowest BCUT2D eigenvalue weighted by Crippen LogP contribution is -2.44. The van der Waals surface area contributed by atoms with Crippen LogP contribution in [0.15, 0.2) is 29.2 Å². The monoisotopic (exact) mass is 291 g/mol. The van der Waals surface area contributed by atoms with E-state index in [9.17, 15) is 13.2 Å². The molecule has 1 aromatic carbocycles. The van der Waals surface area contributed by atoms with Crippen LogP contribution in [0.25, 0.3) is 0 Å². The third kappa shape index (κ3) is 3.69. The summed E-state index contributed by atoms with van der Waals surface area (Å²) in [7, 11) is -3.86. The molecular weight excluding hydrogens is 278 g/mol. The molecule has 100 valence electrons. The molecule has 0 heterocycles. The molecule has 0 radical (unpaired) electrons. The van der Waals surface area contributed by atoms with E-state index in [1.54, 1.807) is 13.8 Å². The minimum atomic E-state index is -3.86. The van der Waals surface area contributed by atoms with Crippen LogP contribution in [0.1, 0.15) is 13.8 Å². The normalized spacial score (nSPS) is 13.6. The summed E-state index contributed by atoms with van der Waals surface area (Å²) in [4.78, 5) is 10.9. The van der Waals surface area contributed by atoms with Gasteiger partial charge < -0.3 is 5.11 Å². The van der Waals surface area contributed by atoms with E-state index in [0.29, 0.717) is 5.02 Å². The zero-order valence-electron chi connectivity index (χ0n) is 9.92. The van der Waals surface area contributed by atoms with Gasteiger partial charge in [-0.2, -0.15) is 4.72 Å². The highest BCUT2D eigenvalue weighted by molar-refractivity contribution is 7.89. The van der Waals surface area contributed by atoms with Crippen LogP contribution in [-0.4, -0.2) is 25.5 Å². The Morgan fingerprint density at radius 1 is 1.28 bits per heavy atom. The highest BCUT2D eigenvalue weighted by atomic mass is 35.5. The van der Waals surface area contributed by atoms with Crippen LogP contribution in [0, 0.1) is 5.92 Å². The maximum absolute atomic E-state index is 11.9. The molecule has 0 amide bonds. The van der Waals surface area contributed by atoms with Crippen molar-refractivity contribution in [2.75, 3.05) is 0 Å². The zero-order valence-corrected chi connectivity index (χ0v) is 11.5. The number of carboxylic acid groups (broad SMARTS) is 1. The molecule has 2 N–H and O–H groups in total. The maximum Gasteiger partial charge on any atom is 0.322 e. The molecule has 0 bridgehead atoms. The number of carboxylic acids is 1. The molecule has 7 heteroatoms. The molecular formula is C11H14ClNO4S. The summed E-state index contributed by atoms with van der Waals surface area (Å²) < 4.78 is 26.0. The minimum absolute atomic E-state index is 0.0150. The molecule has 1 rings (SSSR count). The van der Waals surface area contributed by atoms with Gasteiger partial charge in [-0.25, -0.2) is 8.42 Å². The van der Waals surface area contributed by atoms with Crippen LogP contribution in [0.2, 0.25) is 5.02 Å². The van der Waals surface area contributed by atoms with Gasteiger partial charge in [0.25, 0.3) is 0 Å². The Morgan fingerprint density at radius 2 is 1.78 bits per heavy atom. The van der Waals surface area contributed by atoms with E-state index in [0.717, 1.165) is 0 Å². The number of hydrogen-bond acceptors (Lipinski definition) is 3. The lowest BCUT2D eigenvalue weighted by atomic mass is 10.1. The van der Waals surface area contributed by atoms with Crippen molar-refractivity contribution < 1.29 is 18.3 Å².